The summed E-state index contributed by atoms with van der Waals surface area (Å²) in [6, 6.07) is 0. The number of thiazole rings is 1. The molecule has 0 atom stereocenters. The molecule has 0 aliphatic carbocycles. The van der Waals surface area contributed by atoms with Crippen molar-refractivity contribution in [3.8, 4) is 5.88 Å². The van der Waals surface area contributed by atoms with E-state index in [0.29, 0.717) is 4.47 Å². The Labute approximate surface area is 49.4 Å². The van der Waals surface area contributed by atoms with Gasteiger partial charge < -0.3 is 5.11 Å². The van der Waals surface area contributed by atoms with Gasteiger partial charge in [-0.1, -0.05) is 11.6 Å². The lowest BCUT2D eigenvalue weighted by Gasteiger charge is -1.69. The Kier molecular flexibility index (Phi) is 1.17. The Morgan fingerprint density at radius 2 is 2.57 bits per heavy atom. The van der Waals surface area contributed by atoms with Crippen LogP contribution in [0.1, 0.15) is 0 Å². The summed E-state index contributed by atoms with van der Waals surface area (Å²) < 4.78 is 0.373. The molecule has 0 radical (unpaired) electrons. The van der Waals surface area contributed by atoms with Gasteiger partial charge in [-0.25, -0.2) is 0 Å². The third kappa shape index (κ3) is 1.04. The molecular formula is C3H2ClNOS. The third-order valence-corrected chi connectivity index (χ3v) is 1.43. The van der Waals surface area contributed by atoms with Gasteiger partial charge in [0.25, 0.3) is 0 Å². The van der Waals surface area contributed by atoms with E-state index in [0.717, 1.165) is 0 Å². The van der Waals surface area contributed by atoms with E-state index in [1.807, 2.05) is 0 Å². The van der Waals surface area contributed by atoms with Gasteiger partial charge in [-0.15, -0.1) is 11.3 Å². The molecule has 1 rings (SSSR count). The summed E-state index contributed by atoms with van der Waals surface area (Å²) in [6.07, 6.45) is 0. The molecule has 1 aromatic rings. The smallest absolute Gasteiger partial charge is 0.223 e. The monoisotopic (exact) mass is 135 g/mol. The zero-order valence-corrected chi connectivity index (χ0v) is 4.83. The number of halogens is 1. The van der Waals surface area contributed by atoms with Crippen LogP contribution in [0.15, 0.2) is 5.38 Å². The van der Waals surface area contributed by atoms with Crippen LogP contribution >= 0.6 is 22.9 Å². The molecule has 0 aliphatic heterocycles. The van der Waals surface area contributed by atoms with Crippen LogP contribution < -0.4 is 0 Å². The van der Waals surface area contributed by atoms with E-state index in [2.05, 4.69) is 4.98 Å². The Bertz CT molecular complexity index is 147. The number of aromatic hydroxyl groups is 1. The number of nitrogens with zero attached hydrogens (tertiary/aromatic N) is 1. The lowest BCUT2D eigenvalue weighted by Crippen LogP contribution is -1.56. The van der Waals surface area contributed by atoms with Crippen molar-refractivity contribution >= 4 is 22.9 Å². The second kappa shape index (κ2) is 1.68. The van der Waals surface area contributed by atoms with Crippen molar-refractivity contribution in [1.82, 2.24) is 4.98 Å². The first-order valence-electron chi connectivity index (χ1n) is 1.59. The first-order chi connectivity index (χ1) is 3.29. The average molecular weight is 136 g/mol. The number of hydrogen-bond acceptors (Lipinski definition) is 3. The highest BCUT2D eigenvalue weighted by molar-refractivity contribution is 7.14. The maximum absolute atomic E-state index is 8.47. The summed E-state index contributed by atoms with van der Waals surface area (Å²) >= 11 is 6.52. The third-order valence-electron chi connectivity index (χ3n) is 0.464. The van der Waals surface area contributed by atoms with Crippen LogP contribution in [0, 0.1) is 0 Å². The van der Waals surface area contributed by atoms with Crippen molar-refractivity contribution in [3.05, 3.63) is 9.85 Å². The van der Waals surface area contributed by atoms with Crippen molar-refractivity contribution in [2.45, 2.75) is 0 Å². The van der Waals surface area contributed by atoms with E-state index in [4.69, 9.17) is 16.7 Å². The van der Waals surface area contributed by atoms with Gasteiger partial charge in [0.2, 0.25) is 5.88 Å². The molecule has 1 aromatic heterocycles. The first kappa shape index (κ1) is 4.87. The molecule has 38 valence electrons. The highest BCUT2D eigenvalue weighted by Crippen LogP contribution is 2.18. The van der Waals surface area contributed by atoms with E-state index in [1.54, 1.807) is 0 Å². The second-order valence-corrected chi connectivity index (χ2v) is 2.40. The number of aromatic nitrogens is 1. The highest BCUT2D eigenvalue weighted by atomic mass is 35.5. The summed E-state index contributed by atoms with van der Waals surface area (Å²) in [4.78, 5) is 3.45. The molecule has 0 amide bonds. The van der Waals surface area contributed by atoms with Crippen molar-refractivity contribution in [2.75, 3.05) is 0 Å². The van der Waals surface area contributed by atoms with Crippen LogP contribution in [0.2, 0.25) is 4.47 Å². The van der Waals surface area contributed by atoms with Crippen molar-refractivity contribution < 1.29 is 5.11 Å². The predicted octanol–water partition coefficient (Wildman–Crippen LogP) is 1.50. The van der Waals surface area contributed by atoms with Gasteiger partial charge in [-0.05, 0) is 0 Å². The quantitative estimate of drug-likeness (QED) is 0.585. The predicted molar refractivity (Wildman–Crippen MR) is 28.8 cm³/mol. The molecule has 2 nitrogen and oxygen atoms in total. The highest BCUT2D eigenvalue weighted by Gasteiger charge is 1.91. The fourth-order valence-corrected chi connectivity index (χ4v) is 0.866. The Morgan fingerprint density at radius 1 is 1.86 bits per heavy atom. The maximum atomic E-state index is 8.47. The molecule has 1 N–H and O–H groups in total. The number of hydrogen-bond donors (Lipinski definition) is 1. The molecule has 0 unspecified atom stereocenters. The van der Waals surface area contributed by atoms with Gasteiger partial charge in [0.1, 0.15) is 0 Å². The maximum Gasteiger partial charge on any atom is 0.223 e. The summed E-state index contributed by atoms with van der Waals surface area (Å²) in [5.74, 6) is -0.00463. The lowest BCUT2D eigenvalue weighted by atomic mass is 10.9. The largest absolute Gasteiger partial charge is 0.493 e. The van der Waals surface area contributed by atoms with Gasteiger partial charge in [-0.3, -0.25) is 0 Å². The van der Waals surface area contributed by atoms with Crippen LogP contribution in [-0.2, 0) is 0 Å². The molecule has 0 bridgehead atoms. The average Bonchev–Trinajstić information content (AvgIpc) is 1.87. The molecule has 0 saturated heterocycles. The molecular weight excluding hydrogens is 134 g/mol. The zero-order chi connectivity index (χ0) is 5.28. The van der Waals surface area contributed by atoms with Gasteiger partial charge in [0, 0.05) is 0 Å². The lowest BCUT2D eigenvalue weighted by molar-refractivity contribution is 0.457. The topological polar surface area (TPSA) is 33.1 Å². The van der Waals surface area contributed by atoms with Crippen molar-refractivity contribution in [2.24, 2.45) is 0 Å². The molecule has 0 spiro atoms. The van der Waals surface area contributed by atoms with E-state index in [9.17, 15) is 0 Å². The van der Waals surface area contributed by atoms with Crippen LogP contribution in [-0.4, -0.2) is 10.1 Å². The minimum absolute atomic E-state index is 0.00463. The Balaban J connectivity index is 3.04. The summed E-state index contributed by atoms with van der Waals surface area (Å²) in [5, 5.41) is 9.94. The SMILES string of the molecule is Oc1csc(Cl)n1. The van der Waals surface area contributed by atoms with E-state index >= 15 is 0 Å². The number of rotatable bonds is 0. The standard InChI is InChI=1S/C3H2ClNOS/c4-3-5-2(6)1-7-3/h1,6H. The molecule has 0 aliphatic rings. The van der Waals surface area contributed by atoms with E-state index < -0.39 is 0 Å². The molecule has 7 heavy (non-hydrogen) atoms. The molecule has 0 saturated carbocycles. The Morgan fingerprint density at radius 3 is 2.71 bits per heavy atom. The normalized spacial score (nSPS) is 9.29. The summed E-state index contributed by atoms with van der Waals surface area (Å²) in [7, 11) is 0. The van der Waals surface area contributed by atoms with Crippen LogP contribution in [0.4, 0.5) is 0 Å². The van der Waals surface area contributed by atoms with Gasteiger partial charge >= 0.3 is 0 Å². The Hall–Kier alpha value is -0.280. The van der Waals surface area contributed by atoms with Crippen LogP contribution in [0.3, 0.4) is 0 Å². The summed E-state index contributed by atoms with van der Waals surface area (Å²) in [6.45, 7) is 0. The van der Waals surface area contributed by atoms with Crippen LogP contribution in [0.25, 0.3) is 0 Å². The van der Waals surface area contributed by atoms with Crippen molar-refractivity contribution in [1.29, 1.82) is 0 Å². The minimum atomic E-state index is -0.00463. The van der Waals surface area contributed by atoms with Crippen LogP contribution in [0.5, 0.6) is 5.88 Å². The van der Waals surface area contributed by atoms with Gasteiger partial charge in [-0.2, -0.15) is 4.98 Å². The second-order valence-electron chi connectivity index (χ2n) is 0.959. The molecule has 4 heteroatoms. The van der Waals surface area contributed by atoms with E-state index in [1.165, 1.54) is 16.7 Å². The summed E-state index contributed by atoms with van der Waals surface area (Å²) in [5.41, 5.74) is 0. The molecule has 0 aromatic carbocycles. The minimum Gasteiger partial charge on any atom is -0.493 e. The fraction of sp³-hybridized carbons (Fsp3) is 0. The molecule has 0 fully saturated rings. The van der Waals surface area contributed by atoms with Gasteiger partial charge in [0.05, 0.1) is 5.38 Å². The van der Waals surface area contributed by atoms with E-state index in [-0.39, 0.29) is 5.88 Å². The fourth-order valence-electron chi connectivity index (χ4n) is 0.244. The zero-order valence-electron chi connectivity index (χ0n) is 3.26. The molecule has 1 heterocycles. The van der Waals surface area contributed by atoms with Gasteiger partial charge in [0.15, 0.2) is 4.47 Å². The first-order valence-corrected chi connectivity index (χ1v) is 2.85. The van der Waals surface area contributed by atoms with Crippen molar-refractivity contribution in [3.63, 3.8) is 0 Å².